The molecule has 0 aromatic carbocycles. The Hall–Kier alpha value is -2.18. The minimum atomic E-state index is 0.281. The number of nitrogens with zero attached hydrogens (tertiary/aromatic N) is 5. The van der Waals surface area contributed by atoms with Crippen LogP contribution in [0.15, 0.2) is 12.3 Å². The van der Waals surface area contributed by atoms with Crippen molar-refractivity contribution in [1.29, 1.82) is 0 Å². The van der Waals surface area contributed by atoms with Crippen LogP contribution in [-0.4, -0.2) is 38.9 Å². The maximum atomic E-state index is 5.04. The maximum absolute atomic E-state index is 5.04. The van der Waals surface area contributed by atoms with E-state index < -0.39 is 0 Å². The number of nitrogens with one attached hydrogen (secondary N) is 1. The largest absolute Gasteiger partial charge is 0.467 e. The van der Waals surface area contributed by atoms with Gasteiger partial charge in [0.25, 0.3) is 0 Å². The first-order valence-electron chi connectivity index (χ1n) is 5.28. The summed E-state index contributed by atoms with van der Waals surface area (Å²) in [5, 5.41) is 7.05. The molecule has 90 valence electrons. The van der Waals surface area contributed by atoms with Gasteiger partial charge in [0.1, 0.15) is 5.69 Å². The molecule has 0 spiro atoms. The van der Waals surface area contributed by atoms with Gasteiger partial charge in [0.05, 0.1) is 7.11 Å². The molecule has 2 rings (SSSR count). The van der Waals surface area contributed by atoms with E-state index in [4.69, 9.17) is 4.74 Å². The quantitative estimate of drug-likeness (QED) is 0.843. The van der Waals surface area contributed by atoms with E-state index in [1.165, 1.54) is 7.11 Å². The van der Waals surface area contributed by atoms with Gasteiger partial charge in [-0.25, -0.2) is 0 Å². The first-order valence-corrected chi connectivity index (χ1v) is 5.28. The van der Waals surface area contributed by atoms with Gasteiger partial charge >= 0.3 is 6.01 Å². The van der Waals surface area contributed by atoms with Crippen LogP contribution in [-0.2, 0) is 6.54 Å². The molecule has 0 aliphatic heterocycles. The van der Waals surface area contributed by atoms with Crippen molar-refractivity contribution >= 4 is 5.95 Å². The fourth-order valence-electron chi connectivity index (χ4n) is 1.45. The van der Waals surface area contributed by atoms with Crippen LogP contribution in [0.25, 0.3) is 11.5 Å². The van der Waals surface area contributed by atoms with Crippen molar-refractivity contribution in [2.75, 3.05) is 19.5 Å². The molecule has 0 radical (unpaired) electrons. The van der Waals surface area contributed by atoms with E-state index in [-0.39, 0.29) is 6.01 Å². The van der Waals surface area contributed by atoms with Crippen LogP contribution in [0.3, 0.4) is 0 Å². The molecule has 2 aromatic heterocycles. The van der Waals surface area contributed by atoms with E-state index in [1.807, 2.05) is 17.7 Å². The van der Waals surface area contributed by atoms with Crippen molar-refractivity contribution in [2.24, 2.45) is 0 Å². The molecule has 0 saturated carbocycles. The number of methoxy groups -OCH3 is 1. The lowest BCUT2D eigenvalue weighted by atomic mass is 10.4. The second-order valence-electron chi connectivity index (χ2n) is 3.25. The zero-order valence-corrected chi connectivity index (χ0v) is 10.0. The Labute approximate surface area is 98.9 Å². The molecule has 0 unspecified atom stereocenters. The molecule has 0 fully saturated rings. The summed E-state index contributed by atoms with van der Waals surface area (Å²) in [6, 6.07) is 2.14. The third-order valence-electron chi connectivity index (χ3n) is 2.27. The SMILES string of the molecule is CCn1nccc1-c1nc(NC)nc(OC)n1. The lowest BCUT2D eigenvalue weighted by Gasteiger charge is -2.06. The highest BCUT2D eigenvalue weighted by Crippen LogP contribution is 2.18. The van der Waals surface area contributed by atoms with Crippen molar-refractivity contribution in [2.45, 2.75) is 13.5 Å². The first kappa shape index (κ1) is 11.3. The molecule has 0 bridgehead atoms. The fourth-order valence-corrected chi connectivity index (χ4v) is 1.45. The van der Waals surface area contributed by atoms with E-state index in [0.29, 0.717) is 11.8 Å². The van der Waals surface area contributed by atoms with Gasteiger partial charge < -0.3 is 10.1 Å². The molecular weight excluding hydrogens is 220 g/mol. The average molecular weight is 234 g/mol. The van der Waals surface area contributed by atoms with E-state index in [9.17, 15) is 0 Å². The van der Waals surface area contributed by atoms with Crippen molar-refractivity contribution in [3.05, 3.63) is 12.3 Å². The predicted molar refractivity (Wildman–Crippen MR) is 62.8 cm³/mol. The van der Waals surface area contributed by atoms with Crippen LogP contribution in [0.1, 0.15) is 6.92 Å². The van der Waals surface area contributed by atoms with Crippen molar-refractivity contribution in [3.63, 3.8) is 0 Å². The number of aromatic nitrogens is 5. The van der Waals surface area contributed by atoms with Crippen LogP contribution in [0.2, 0.25) is 0 Å². The summed E-state index contributed by atoms with van der Waals surface area (Å²) in [5.74, 6) is 1.01. The van der Waals surface area contributed by atoms with Crippen molar-refractivity contribution in [3.8, 4) is 17.5 Å². The Morgan fingerprint density at radius 2 is 2.18 bits per heavy atom. The molecule has 2 heterocycles. The van der Waals surface area contributed by atoms with E-state index in [0.717, 1.165) is 12.2 Å². The molecule has 0 amide bonds. The Balaban J connectivity index is 2.51. The Morgan fingerprint density at radius 1 is 1.35 bits per heavy atom. The molecule has 7 heteroatoms. The van der Waals surface area contributed by atoms with Crippen LogP contribution in [0.4, 0.5) is 5.95 Å². The summed E-state index contributed by atoms with van der Waals surface area (Å²) in [6.07, 6.45) is 1.72. The minimum Gasteiger partial charge on any atom is -0.467 e. The third-order valence-corrected chi connectivity index (χ3v) is 2.27. The highest BCUT2D eigenvalue weighted by Gasteiger charge is 2.11. The number of rotatable bonds is 4. The first-order chi connectivity index (χ1) is 8.28. The van der Waals surface area contributed by atoms with Gasteiger partial charge in [0.15, 0.2) is 5.82 Å². The van der Waals surface area contributed by atoms with Gasteiger partial charge in [0.2, 0.25) is 5.95 Å². The summed E-state index contributed by atoms with van der Waals surface area (Å²) in [4.78, 5) is 12.5. The summed E-state index contributed by atoms with van der Waals surface area (Å²) in [6.45, 7) is 2.76. The molecule has 0 saturated heterocycles. The molecule has 7 nitrogen and oxygen atoms in total. The molecule has 0 atom stereocenters. The van der Waals surface area contributed by atoms with Gasteiger partial charge in [-0.2, -0.15) is 20.1 Å². The van der Waals surface area contributed by atoms with Gasteiger partial charge in [-0.3, -0.25) is 4.68 Å². The monoisotopic (exact) mass is 234 g/mol. The summed E-state index contributed by atoms with van der Waals surface area (Å²) in [7, 11) is 3.27. The highest BCUT2D eigenvalue weighted by atomic mass is 16.5. The molecule has 1 N–H and O–H groups in total. The smallest absolute Gasteiger partial charge is 0.321 e. The van der Waals surface area contributed by atoms with Gasteiger partial charge in [-0.1, -0.05) is 0 Å². The van der Waals surface area contributed by atoms with Crippen LogP contribution in [0.5, 0.6) is 6.01 Å². The average Bonchev–Trinajstić information content (AvgIpc) is 2.86. The molecule has 17 heavy (non-hydrogen) atoms. The minimum absolute atomic E-state index is 0.281. The van der Waals surface area contributed by atoms with E-state index >= 15 is 0 Å². The van der Waals surface area contributed by atoms with E-state index in [1.54, 1.807) is 13.2 Å². The maximum Gasteiger partial charge on any atom is 0.321 e. The zero-order valence-electron chi connectivity index (χ0n) is 10.0. The van der Waals surface area contributed by atoms with Gasteiger partial charge in [-0.05, 0) is 13.0 Å². The topological polar surface area (TPSA) is 77.8 Å². The Morgan fingerprint density at radius 3 is 2.82 bits per heavy atom. The number of hydrogen-bond donors (Lipinski definition) is 1. The highest BCUT2D eigenvalue weighted by molar-refractivity contribution is 5.51. The number of ether oxygens (including phenoxy) is 1. The fraction of sp³-hybridized carbons (Fsp3) is 0.400. The number of hydrogen-bond acceptors (Lipinski definition) is 6. The second-order valence-corrected chi connectivity index (χ2v) is 3.25. The van der Waals surface area contributed by atoms with Crippen molar-refractivity contribution < 1.29 is 4.74 Å². The predicted octanol–water partition coefficient (Wildman–Crippen LogP) is 0.805. The Kier molecular flexibility index (Phi) is 3.17. The van der Waals surface area contributed by atoms with Crippen LogP contribution in [0, 0.1) is 0 Å². The van der Waals surface area contributed by atoms with Crippen molar-refractivity contribution in [1.82, 2.24) is 24.7 Å². The molecule has 2 aromatic rings. The zero-order chi connectivity index (χ0) is 12.3. The van der Waals surface area contributed by atoms with Gasteiger partial charge in [-0.15, -0.1) is 0 Å². The second kappa shape index (κ2) is 4.77. The molecule has 0 aliphatic rings. The number of anilines is 1. The summed E-state index contributed by atoms with van der Waals surface area (Å²) in [5.41, 5.74) is 0.838. The van der Waals surface area contributed by atoms with Crippen LogP contribution < -0.4 is 10.1 Å². The third kappa shape index (κ3) is 2.17. The van der Waals surface area contributed by atoms with E-state index in [2.05, 4.69) is 25.4 Å². The lowest BCUT2D eigenvalue weighted by Crippen LogP contribution is -2.06. The number of aryl methyl sites for hydroxylation is 1. The van der Waals surface area contributed by atoms with Gasteiger partial charge in [0, 0.05) is 19.8 Å². The molecular formula is C10H14N6O. The standard InChI is InChI=1S/C10H14N6O/c1-4-16-7(5-6-12-16)8-13-9(11-2)15-10(14-8)17-3/h5-6H,4H2,1-3H3,(H,11,13,14,15). The van der Waals surface area contributed by atoms with Crippen LogP contribution >= 0.6 is 0 Å². The summed E-state index contributed by atoms with van der Waals surface area (Å²) >= 11 is 0. The normalized spacial score (nSPS) is 10.3. The molecule has 0 aliphatic carbocycles. The lowest BCUT2D eigenvalue weighted by molar-refractivity contribution is 0.379. The summed E-state index contributed by atoms with van der Waals surface area (Å²) < 4.78 is 6.85. The Bertz CT molecular complexity index is 487.